The van der Waals surface area contributed by atoms with Gasteiger partial charge in [0.25, 0.3) is 5.91 Å². The van der Waals surface area contributed by atoms with Gasteiger partial charge in [-0.15, -0.1) is 0 Å². The monoisotopic (exact) mass is 460 g/mol. The number of benzene rings is 1. The number of likely N-dealkylation sites (N-methyl/N-ethyl adjacent to an activating group) is 1. The fourth-order valence-corrected chi connectivity index (χ4v) is 5.60. The lowest BCUT2D eigenvalue weighted by molar-refractivity contribution is -0.181. The summed E-state index contributed by atoms with van der Waals surface area (Å²) in [5.74, 6) is -9.67. The lowest BCUT2D eigenvalue weighted by Gasteiger charge is -2.55. The molecule has 4 rings (SSSR count). The lowest BCUT2D eigenvalue weighted by Crippen LogP contribution is -2.71. The number of ketones is 2. The summed E-state index contributed by atoms with van der Waals surface area (Å²) in [6.07, 6.45) is -1.87. The number of hydrogen-bond acceptors (Lipinski definition) is 10. The third kappa shape index (κ3) is 2.61. The number of rotatable bonds is 2. The van der Waals surface area contributed by atoms with Crippen LogP contribution in [-0.2, 0) is 20.0 Å². The van der Waals surface area contributed by atoms with Gasteiger partial charge in [-0.3, -0.25) is 19.3 Å². The SMILES string of the molecule is CN(C)[C@H]1C(=O)C(C(N)=O)=C(O)[C@@]2(O)C(=O)C3=C(O)c4c(O)cccc4[C@](C)(O)[C@H]3[C@@H](O)[C@@H]12. The number of aliphatic hydroxyl groups is 5. The number of primary amides is 1. The van der Waals surface area contributed by atoms with E-state index in [-0.39, 0.29) is 11.1 Å². The van der Waals surface area contributed by atoms with E-state index in [1.807, 2.05) is 0 Å². The zero-order chi connectivity index (χ0) is 24.8. The van der Waals surface area contributed by atoms with E-state index in [2.05, 4.69) is 0 Å². The smallest absolute Gasteiger partial charge is 0.255 e. The van der Waals surface area contributed by atoms with Gasteiger partial charge in [-0.2, -0.15) is 0 Å². The van der Waals surface area contributed by atoms with E-state index in [1.54, 1.807) is 0 Å². The van der Waals surface area contributed by atoms with Crippen molar-refractivity contribution < 1.29 is 45.0 Å². The number of amides is 1. The normalized spacial score (nSPS) is 36.0. The van der Waals surface area contributed by atoms with Crippen molar-refractivity contribution >= 4 is 23.2 Å². The van der Waals surface area contributed by atoms with Crippen molar-refractivity contribution in [3.8, 4) is 5.75 Å². The summed E-state index contributed by atoms with van der Waals surface area (Å²) in [6.45, 7) is 1.25. The number of fused-ring (bicyclic) bond motifs is 3. The molecule has 33 heavy (non-hydrogen) atoms. The molecule has 1 amide bonds. The van der Waals surface area contributed by atoms with Crippen LogP contribution in [0.3, 0.4) is 0 Å². The van der Waals surface area contributed by atoms with Crippen LogP contribution in [0, 0.1) is 11.8 Å². The van der Waals surface area contributed by atoms with E-state index in [4.69, 9.17) is 5.73 Å². The number of aliphatic hydroxyl groups excluding tert-OH is 3. The maximum Gasteiger partial charge on any atom is 0.255 e. The number of phenolic OH excluding ortho intramolecular Hbond substituents is 1. The second kappa shape index (κ2) is 6.87. The second-order valence-electron chi connectivity index (χ2n) is 9.06. The Morgan fingerprint density at radius 2 is 1.73 bits per heavy atom. The highest BCUT2D eigenvalue weighted by Crippen LogP contribution is 2.57. The first-order valence-electron chi connectivity index (χ1n) is 10.1. The zero-order valence-corrected chi connectivity index (χ0v) is 18.0. The molecule has 1 aromatic carbocycles. The van der Waals surface area contributed by atoms with Gasteiger partial charge >= 0.3 is 0 Å². The third-order valence-corrected chi connectivity index (χ3v) is 7.03. The molecular weight excluding hydrogens is 436 g/mol. The molecule has 0 unspecified atom stereocenters. The van der Waals surface area contributed by atoms with Crippen molar-refractivity contribution in [2.45, 2.75) is 30.3 Å². The Morgan fingerprint density at radius 3 is 2.27 bits per heavy atom. The van der Waals surface area contributed by atoms with Gasteiger partial charge in [0.15, 0.2) is 11.4 Å². The van der Waals surface area contributed by atoms with Crippen LogP contribution >= 0.6 is 0 Å². The highest BCUT2D eigenvalue weighted by atomic mass is 16.4. The first-order valence-corrected chi connectivity index (χ1v) is 10.1. The molecular formula is C22H24N2O9. The number of nitrogens with two attached hydrogens (primary N) is 1. The van der Waals surface area contributed by atoms with Crippen LogP contribution in [0.5, 0.6) is 5.75 Å². The standard InChI is InChI=1S/C22H24N2O9/c1-21(32)7-5-4-6-8(25)9(7)15(26)10-12(21)17(28)13-14(24(2)3)16(27)11(20(23)31)19(30)22(13,33)18(10)29/h4-6,12-14,17,25-26,28,30,32-33H,1-3H3,(H2,23,31)/t12-,13-,14-,17-,21+,22+/m1/s1. The maximum atomic E-state index is 13.7. The predicted molar refractivity (Wildman–Crippen MR) is 112 cm³/mol. The summed E-state index contributed by atoms with van der Waals surface area (Å²) in [6, 6.07) is 2.50. The topological polar surface area (TPSA) is 202 Å². The molecule has 0 aliphatic heterocycles. The Hall–Kier alpha value is -3.25. The first kappa shape index (κ1) is 22.9. The molecule has 0 heterocycles. The van der Waals surface area contributed by atoms with Crippen LogP contribution < -0.4 is 5.73 Å². The van der Waals surface area contributed by atoms with Crippen LogP contribution in [0.1, 0.15) is 18.1 Å². The van der Waals surface area contributed by atoms with Crippen molar-refractivity contribution in [1.82, 2.24) is 4.90 Å². The Morgan fingerprint density at radius 1 is 1.12 bits per heavy atom. The van der Waals surface area contributed by atoms with Gasteiger partial charge in [-0.1, -0.05) is 12.1 Å². The number of hydrogen-bond donors (Lipinski definition) is 7. The summed E-state index contributed by atoms with van der Waals surface area (Å²) in [4.78, 5) is 39.9. The first-order chi connectivity index (χ1) is 15.2. The molecule has 0 spiro atoms. The molecule has 1 aromatic rings. The van der Waals surface area contributed by atoms with Crippen LogP contribution in [0.4, 0.5) is 0 Å². The molecule has 1 fully saturated rings. The molecule has 11 nitrogen and oxygen atoms in total. The van der Waals surface area contributed by atoms with Gasteiger partial charge < -0.3 is 36.4 Å². The largest absolute Gasteiger partial charge is 0.508 e. The van der Waals surface area contributed by atoms with Crippen LogP contribution in [0.15, 0.2) is 35.1 Å². The highest BCUT2D eigenvalue weighted by molar-refractivity contribution is 6.24. The Labute approximate surface area is 187 Å². The number of carbonyl (C=O) groups is 3. The van der Waals surface area contributed by atoms with Crippen molar-refractivity contribution in [3.05, 3.63) is 46.2 Å². The molecule has 0 bridgehead atoms. The molecule has 0 aromatic heterocycles. The Bertz CT molecular complexity index is 1180. The van der Waals surface area contributed by atoms with E-state index < -0.39 is 81.1 Å². The third-order valence-electron chi connectivity index (χ3n) is 7.03. The Balaban J connectivity index is 2.11. The summed E-state index contributed by atoms with van der Waals surface area (Å²) in [7, 11) is 2.80. The van der Waals surface area contributed by atoms with Gasteiger partial charge in [-0.25, -0.2) is 0 Å². The molecule has 6 atom stereocenters. The Kier molecular flexibility index (Phi) is 4.78. The summed E-state index contributed by atoms with van der Waals surface area (Å²) in [5.41, 5.74) is -1.78. The zero-order valence-electron chi connectivity index (χ0n) is 18.0. The van der Waals surface area contributed by atoms with Gasteiger partial charge in [0.2, 0.25) is 5.78 Å². The number of nitrogens with zero attached hydrogens (tertiary/aromatic N) is 1. The minimum Gasteiger partial charge on any atom is -0.508 e. The van der Waals surface area contributed by atoms with Crippen LogP contribution in [0.2, 0.25) is 0 Å². The predicted octanol–water partition coefficient (Wildman–Crippen LogP) is -1.40. The van der Waals surface area contributed by atoms with E-state index in [0.29, 0.717) is 0 Å². The molecule has 0 radical (unpaired) electrons. The van der Waals surface area contributed by atoms with Crippen LogP contribution in [0.25, 0.3) is 5.76 Å². The molecule has 3 aliphatic rings. The van der Waals surface area contributed by atoms with E-state index in [1.165, 1.54) is 44.1 Å². The van der Waals surface area contributed by atoms with Crippen molar-refractivity contribution in [2.24, 2.45) is 17.6 Å². The molecule has 0 saturated heterocycles. The van der Waals surface area contributed by atoms with E-state index >= 15 is 0 Å². The fraction of sp³-hybridized carbons (Fsp3) is 0.409. The summed E-state index contributed by atoms with van der Waals surface area (Å²) in [5, 5.41) is 66.3. The van der Waals surface area contributed by atoms with Crippen molar-refractivity contribution in [1.29, 1.82) is 0 Å². The van der Waals surface area contributed by atoms with Gasteiger partial charge in [-0.05, 0) is 32.6 Å². The molecule has 11 heteroatoms. The number of aromatic hydroxyl groups is 1. The average molecular weight is 460 g/mol. The van der Waals surface area contributed by atoms with Crippen molar-refractivity contribution in [3.63, 3.8) is 0 Å². The second-order valence-corrected chi connectivity index (χ2v) is 9.06. The quantitative estimate of drug-likeness (QED) is 0.257. The van der Waals surface area contributed by atoms with Gasteiger partial charge in [0.05, 0.1) is 40.7 Å². The minimum atomic E-state index is -3.02. The van der Waals surface area contributed by atoms with Gasteiger partial charge in [0.1, 0.15) is 22.8 Å². The molecule has 176 valence electrons. The molecule has 8 N–H and O–H groups in total. The highest BCUT2D eigenvalue weighted by Gasteiger charge is 2.70. The van der Waals surface area contributed by atoms with E-state index in [9.17, 15) is 45.0 Å². The van der Waals surface area contributed by atoms with Crippen LogP contribution in [-0.4, -0.2) is 84.9 Å². The van der Waals surface area contributed by atoms with Crippen molar-refractivity contribution in [2.75, 3.05) is 14.1 Å². The fourth-order valence-electron chi connectivity index (χ4n) is 5.60. The molecule has 1 saturated carbocycles. The lowest BCUT2D eigenvalue weighted by atomic mass is 9.53. The maximum absolute atomic E-state index is 13.7. The molecule has 3 aliphatic carbocycles. The minimum absolute atomic E-state index is 0.00664. The number of phenols is 1. The average Bonchev–Trinajstić information content (AvgIpc) is 2.70. The number of carbonyl (C=O) groups excluding carboxylic acids is 3. The summed E-state index contributed by atoms with van der Waals surface area (Å²) >= 11 is 0. The van der Waals surface area contributed by atoms with Gasteiger partial charge in [0, 0.05) is 0 Å². The number of Topliss-reactive ketones (excluding diaryl/α,β-unsaturated/α-hetero) is 2. The summed E-state index contributed by atoms with van der Waals surface area (Å²) < 4.78 is 0. The van der Waals surface area contributed by atoms with E-state index in [0.717, 1.165) is 0 Å².